The van der Waals surface area contributed by atoms with Gasteiger partial charge in [-0.1, -0.05) is 31.2 Å². The molecule has 1 amide bonds. The molecule has 0 heterocycles. The van der Waals surface area contributed by atoms with Crippen LogP contribution in [0.15, 0.2) is 48.5 Å². The fourth-order valence-electron chi connectivity index (χ4n) is 3.10. The van der Waals surface area contributed by atoms with Crippen molar-refractivity contribution in [2.75, 3.05) is 13.2 Å². The lowest BCUT2D eigenvalue weighted by Gasteiger charge is -2.24. The summed E-state index contributed by atoms with van der Waals surface area (Å²) < 4.78 is 10.2. The lowest BCUT2D eigenvalue weighted by molar-refractivity contribution is -0.140. The molecule has 0 saturated carbocycles. The number of ether oxygens (including phenoxy) is 2. The maximum atomic E-state index is 12.7. The van der Waals surface area contributed by atoms with Gasteiger partial charge in [-0.3, -0.25) is 4.79 Å². The molecule has 0 fully saturated rings. The van der Waals surface area contributed by atoms with Gasteiger partial charge in [0.2, 0.25) is 5.91 Å². The predicted molar refractivity (Wildman–Crippen MR) is 119 cm³/mol. The lowest BCUT2D eigenvalue weighted by atomic mass is 9.97. The van der Waals surface area contributed by atoms with Gasteiger partial charge in [0.05, 0.1) is 12.1 Å². The van der Waals surface area contributed by atoms with Crippen LogP contribution in [0.3, 0.4) is 0 Å². The minimum absolute atomic E-state index is 0.200. The van der Waals surface area contributed by atoms with Crippen LogP contribution in [0.4, 0.5) is 0 Å². The maximum absolute atomic E-state index is 12.7. The fraction of sp³-hybridized carbons (Fsp3) is 0.375. The second kappa shape index (κ2) is 12.4. The third-order valence-corrected chi connectivity index (χ3v) is 4.93. The second-order valence-electron chi connectivity index (χ2n) is 7.82. The second-order valence-corrected chi connectivity index (χ2v) is 7.82. The zero-order chi connectivity index (χ0) is 24.4. The van der Waals surface area contributed by atoms with Gasteiger partial charge in [-0.05, 0) is 55.2 Å². The van der Waals surface area contributed by atoms with Gasteiger partial charge in [-0.2, -0.15) is 0 Å². The number of hydrogen-bond acceptors (Lipinski definition) is 6. The van der Waals surface area contributed by atoms with Crippen molar-refractivity contribution in [3.8, 4) is 11.5 Å². The summed E-state index contributed by atoms with van der Waals surface area (Å²) >= 11 is 0. The number of carboxylic acids is 2. The largest absolute Gasteiger partial charge is 0.482 e. The Morgan fingerprint density at radius 3 is 1.61 bits per heavy atom. The Labute approximate surface area is 192 Å². The molecule has 0 aliphatic heterocycles. The summed E-state index contributed by atoms with van der Waals surface area (Å²) in [6, 6.07) is 13.2. The Morgan fingerprint density at radius 1 is 0.788 bits per heavy atom. The highest BCUT2D eigenvalue weighted by atomic mass is 16.5. The Balaban J connectivity index is 1.90. The lowest BCUT2D eigenvalue weighted by Crippen LogP contribution is -2.45. The Morgan fingerprint density at radius 2 is 1.21 bits per heavy atom. The van der Waals surface area contributed by atoms with Crippen LogP contribution in [0.25, 0.3) is 0 Å². The number of carbonyl (C=O) groups excluding carboxylic acids is 1. The molecule has 0 spiro atoms. The number of benzene rings is 2. The Hall–Kier alpha value is -3.59. The number of carbonyl (C=O) groups is 3. The van der Waals surface area contributed by atoms with E-state index in [-0.39, 0.29) is 11.8 Å². The van der Waals surface area contributed by atoms with E-state index in [1.807, 2.05) is 0 Å². The van der Waals surface area contributed by atoms with Crippen molar-refractivity contribution >= 4 is 17.8 Å². The van der Waals surface area contributed by atoms with Gasteiger partial charge in [-0.25, -0.2) is 9.59 Å². The Bertz CT molecular complexity index is 924. The van der Waals surface area contributed by atoms with Crippen LogP contribution in [-0.2, 0) is 27.2 Å². The molecule has 3 atom stereocenters. The number of amides is 1. The van der Waals surface area contributed by atoms with Crippen molar-refractivity contribution in [2.45, 2.75) is 38.8 Å². The number of aliphatic carboxylic acids is 2. The number of rotatable bonds is 13. The molecule has 9 nitrogen and oxygen atoms in total. The quantitative estimate of drug-likeness (QED) is 0.356. The van der Waals surface area contributed by atoms with Gasteiger partial charge in [-0.15, -0.1) is 0 Å². The van der Waals surface area contributed by atoms with Gasteiger partial charge < -0.3 is 30.1 Å². The first kappa shape index (κ1) is 25.7. The molecular weight excluding hydrogens is 430 g/mol. The summed E-state index contributed by atoms with van der Waals surface area (Å²) in [6.45, 7) is 2.55. The molecule has 2 rings (SSSR count). The van der Waals surface area contributed by atoms with E-state index >= 15 is 0 Å². The monoisotopic (exact) mass is 459 g/mol. The summed E-state index contributed by atoms with van der Waals surface area (Å²) in [5, 5.41) is 30.4. The van der Waals surface area contributed by atoms with Gasteiger partial charge in [0.1, 0.15) is 11.5 Å². The molecule has 0 aromatic heterocycles. The third-order valence-electron chi connectivity index (χ3n) is 4.93. The zero-order valence-electron chi connectivity index (χ0n) is 18.6. The normalized spacial score (nSPS) is 13.4. The molecule has 0 aliphatic carbocycles. The first-order valence-electron chi connectivity index (χ1n) is 10.5. The van der Waals surface area contributed by atoms with Crippen molar-refractivity contribution in [3.63, 3.8) is 0 Å². The highest BCUT2D eigenvalue weighted by Crippen LogP contribution is 2.17. The van der Waals surface area contributed by atoms with Crippen LogP contribution < -0.4 is 14.8 Å². The highest BCUT2D eigenvalue weighted by molar-refractivity contribution is 5.79. The first-order chi connectivity index (χ1) is 15.6. The summed E-state index contributed by atoms with van der Waals surface area (Å²) in [7, 11) is 0. The third kappa shape index (κ3) is 9.20. The number of aliphatic hydroxyl groups excluding tert-OH is 1. The van der Waals surface area contributed by atoms with Crippen molar-refractivity contribution < 1.29 is 39.2 Å². The average Bonchev–Trinajstić information content (AvgIpc) is 2.77. The van der Waals surface area contributed by atoms with Crippen LogP contribution >= 0.6 is 0 Å². The molecule has 0 bridgehead atoms. The van der Waals surface area contributed by atoms with Gasteiger partial charge >= 0.3 is 11.9 Å². The van der Waals surface area contributed by atoms with Crippen molar-refractivity contribution in [2.24, 2.45) is 5.92 Å². The summed E-state index contributed by atoms with van der Waals surface area (Å²) in [4.78, 5) is 33.9. The average molecular weight is 459 g/mol. The highest BCUT2D eigenvalue weighted by Gasteiger charge is 2.22. The zero-order valence-corrected chi connectivity index (χ0v) is 18.6. The van der Waals surface area contributed by atoms with E-state index in [4.69, 9.17) is 19.7 Å². The van der Waals surface area contributed by atoms with E-state index < -0.39 is 37.3 Å². The Kier molecular flexibility index (Phi) is 9.68. The molecule has 4 N–H and O–H groups in total. The number of aliphatic hydroxyl groups is 1. The van der Waals surface area contributed by atoms with E-state index in [1.54, 1.807) is 62.4 Å². The van der Waals surface area contributed by atoms with Crippen LogP contribution in [0.1, 0.15) is 25.0 Å². The number of nitrogens with one attached hydrogen (secondary N) is 1. The molecule has 0 saturated heterocycles. The molecule has 2 aromatic rings. The molecule has 0 radical (unpaired) electrons. The number of hydrogen-bond donors (Lipinski definition) is 4. The van der Waals surface area contributed by atoms with Gasteiger partial charge in [0, 0.05) is 5.92 Å². The van der Waals surface area contributed by atoms with Crippen molar-refractivity contribution in [1.29, 1.82) is 0 Å². The predicted octanol–water partition coefficient (Wildman–Crippen LogP) is 1.90. The smallest absolute Gasteiger partial charge is 0.341 e. The summed E-state index contributed by atoms with van der Waals surface area (Å²) in [5.41, 5.74) is 1.75. The number of carboxylic acid groups (broad SMARTS) is 2. The summed E-state index contributed by atoms with van der Waals surface area (Å²) in [6.07, 6.45) is 0.0766. The first-order valence-corrected chi connectivity index (χ1v) is 10.5. The molecule has 178 valence electrons. The van der Waals surface area contributed by atoms with Crippen LogP contribution in [-0.4, -0.2) is 58.5 Å². The van der Waals surface area contributed by atoms with Crippen molar-refractivity contribution in [1.82, 2.24) is 5.32 Å². The van der Waals surface area contributed by atoms with Crippen molar-refractivity contribution in [3.05, 3.63) is 59.7 Å². The molecular formula is C24H29NO8. The summed E-state index contributed by atoms with van der Waals surface area (Å²) in [5.74, 6) is -1.82. The standard InChI is InChI=1S/C24H29NO8/c1-15(11-17-3-7-19(8-4-17)32-13-22(27)28)24(31)25-21(16(2)26)12-18-5-9-20(10-6-18)33-14-23(29)30/h3-10,15-16,21,26H,11-14H2,1-2H3,(H,25,31)(H,27,28)(H,29,30)/t15-,16?,21-/m0/s1. The maximum Gasteiger partial charge on any atom is 0.341 e. The van der Waals surface area contributed by atoms with Crippen LogP contribution in [0.5, 0.6) is 11.5 Å². The van der Waals surface area contributed by atoms with E-state index in [1.165, 1.54) is 0 Å². The van der Waals surface area contributed by atoms with Crippen LogP contribution in [0, 0.1) is 5.92 Å². The fourth-order valence-corrected chi connectivity index (χ4v) is 3.10. The molecule has 33 heavy (non-hydrogen) atoms. The molecule has 0 aliphatic rings. The van der Waals surface area contributed by atoms with Crippen LogP contribution in [0.2, 0.25) is 0 Å². The minimum atomic E-state index is -1.06. The molecule has 2 aromatic carbocycles. The van der Waals surface area contributed by atoms with E-state index in [0.29, 0.717) is 24.3 Å². The van der Waals surface area contributed by atoms with Gasteiger partial charge in [0.25, 0.3) is 0 Å². The minimum Gasteiger partial charge on any atom is -0.482 e. The van der Waals surface area contributed by atoms with E-state index in [9.17, 15) is 19.5 Å². The topological polar surface area (TPSA) is 142 Å². The van der Waals surface area contributed by atoms with Gasteiger partial charge in [0.15, 0.2) is 13.2 Å². The van der Waals surface area contributed by atoms with E-state index in [0.717, 1.165) is 11.1 Å². The van der Waals surface area contributed by atoms with E-state index in [2.05, 4.69) is 5.32 Å². The molecule has 9 heteroatoms. The molecule has 1 unspecified atom stereocenters. The SMILES string of the molecule is CC(O)[C@H](Cc1ccc(OCC(=O)O)cc1)NC(=O)[C@@H](C)Cc1ccc(OCC(=O)O)cc1.